The molecule has 2 rings (SSSR count). The smallest absolute Gasteiger partial charge is 0.211 e. The lowest BCUT2D eigenvalue weighted by molar-refractivity contribution is 0.103. The SMILES string of the molecule is CNc1ccc(C(=O)c2ccccn2)cc1. The average molecular weight is 212 g/mol. The van der Waals surface area contributed by atoms with Crippen molar-refractivity contribution < 1.29 is 4.79 Å². The van der Waals surface area contributed by atoms with E-state index in [-0.39, 0.29) is 5.78 Å². The van der Waals surface area contributed by atoms with Crippen LogP contribution in [0.2, 0.25) is 0 Å². The Morgan fingerprint density at radius 1 is 1.12 bits per heavy atom. The molecule has 0 fully saturated rings. The quantitative estimate of drug-likeness (QED) is 0.794. The third kappa shape index (κ3) is 2.08. The van der Waals surface area contributed by atoms with Crippen LogP contribution in [0.25, 0.3) is 0 Å². The molecule has 0 aliphatic rings. The second-order valence-electron chi connectivity index (χ2n) is 3.37. The first-order valence-corrected chi connectivity index (χ1v) is 5.05. The van der Waals surface area contributed by atoms with E-state index in [1.807, 2.05) is 25.2 Å². The Morgan fingerprint density at radius 3 is 2.44 bits per heavy atom. The Hall–Kier alpha value is -2.16. The molecule has 80 valence electrons. The molecule has 0 amide bonds. The molecule has 0 aliphatic heterocycles. The van der Waals surface area contributed by atoms with Crippen molar-refractivity contribution in [3.63, 3.8) is 0 Å². The van der Waals surface area contributed by atoms with Crippen molar-refractivity contribution in [1.82, 2.24) is 4.98 Å². The van der Waals surface area contributed by atoms with E-state index < -0.39 is 0 Å². The largest absolute Gasteiger partial charge is 0.388 e. The number of rotatable bonds is 3. The molecule has 0 atom stereocenters. The van der Waals surface area contributed by atoms with E-state index in [1.165, 1.54) is 0 Å². The number of ketones is 1. The molecule has 0 saturated carbocycles. The predicted molar refractivity (Wildman–Crippen MR) is 63.7 cm³/mol. The van der Waals surface area contributed by atoms with Gasteiger partial charge in [-0.1, -0.05) is 6.07 Å². The Balaban J connectivity index is 2.28. The summed E-state index contributed by atoms with van der Waals surface area (Å²) < 4.78 is 0. The standard InChI is InChI=1S/C13H12N2O/c1-14-11-7-5-10(6-8-11)13(16)12-4-2-3-9-15-12/h2-9,14H,1H3. The zero-order chi connectivity index (χ0) is 11.4. The van der Waals surface area contributed by atoms with Crippen LogP contribution in [0.1, 0.15) is 16.1 Å². The molecule has 0 spiro atoms. The summed E-state index contributed by atoms with van der Waals surface area (Å²) >= 11 is 0. The summed E-state index contributed by atoms with van der Waals surface area (Å²) in [4.78, 5) is 16.0. The van der Waals surface area contributed by atoms with Crippen LogP contribution in [0.4, 0.5) is 5.69 Å². The Labute approximate surface area is 94.1 Å². The minimum absolute atomic E-state index is 0.0525. The molecule has 3 nitrogen and oxygen atoms in total. The number of benzene rings is 1. The van der Waals surface area contributed by atoms with Crippen LogP contribution in [0.3, 0.4) is 0 Å². The number of pyridine rings is 1. The van der Waals surface area contributed by atoms with Gasteiger partial charge in [0.2, 0.25) is 5.78 Å². The number of hydrogen-bond acceptors (Lipinski definition) is 3. The lowest BCUT2D eigenvalue weighted by atomic mass is 10.1. The normalized spacial score (nSPS) is 9.81. The van der Waals surface area contributed by atoms with Gasteiger partial charge in [0.15, 0.2) is 0 Å². The summed E-state index contributed by atoms with van der Waals surface area (Å²) in [5.74, 6) is -0.0525. The number of aromatic nitrogens is 1. The Morgan fingerprint density at radius 2 is 1.88 bits per heavy atom. The summed E-state index contributed by atoms with van der Waals surface area (Å²) in [6, 6.07) is 12.6. The lowest BCUT2D eigenvalue weighted by Gasteiger charge is -2.02. The van der Waals surface area contributed by atoms with Gasteiger partial charge in [-0.05, 0) is 36.4 Å². The molecule has 0 bridgehead atoms. The number of hydrogen-bond donors (Lipinski definition) is 1. The van der Waals surface area contributed by atoms with Crippen LogP contribution < -0.4 is 5.32 Å². The highest BCUT2D eigenvalue weighted by Gasteiger charge is 2.08. The third-order valence-electron chi connectivity index (χ3n) is 2.33. The molecule has 3 heteroatoms. The summed E-state index contributed by atoms with van der Waals surface area (Å²) in [7, 11) is 1.84. The highest BCUT2D eigenvalue weighted by atomic mass is 16.1. The molecule has 1 N–H and O–H groups in total. The molecule has 0 radical (unpaired) electrons. The maximum atomic E-state index is 12.0. The van der Waals surface area contributed by atoms with Gasteiger partial charge in [0, 0.05) is 24.5 Å². The van der Waals surface area contributed by atoms with Crippen molar-refractivity contribution in [2.45, 2.75) is 0 Å². The van der Waals surface area contributed by atoms with E-state index >= 15 is 0 Å². The fourth-order valence-electron chi connectivity index (χ4n) is 1.43. The second-order valence-corrected chi connectivity index (χ2v) is 3.37. The number of nitrogens with one attached hydrogen (secondary N) is 1. The van der Waals surface area contributed by atoms with E-state index in [2.05, 4.69) is 10.3 Å². The van der Waals surface area contributed by atoms with Crippen molar-refractivity contribution in [1.29, 1.82) is 0 Å². The summed E-state index contributed by atoms with van der Waals surface area (Å²) in [5, 5.41) is 3.01. The molecule has 2 aromatic rings. The fraction of sp³-hybridized carbons (Fsp3) is 0.0769. The first-order valence-electron chi connectivity index (χ1n) is 5.05. The Bertz CT molecular complexity index is 477. The average Bonchev–Trinajstić information content (AvgIpc) is 2.39. The summed E-state index contributed by atoms with van der Waals surface area (Å²) in [5.41, 5.74) is 2.11. The molecule has 0 saturated heterocycles. The van der Waals surface area contributed by atoms with Gasteiger partial charge in [-0.3, -0.25) is 9.78 Å². The van der Waals surface area contributed by atoms with Crippen molar-refractivity contribution in [2.24, 2.45) is 0 Å². The predicted octanol–water partition coefficient (Wildman–Crippen LogP) is 2.35. The fourth-order valence-corrected chi connectivity index (χ4v) is 1.43. The molecule has 0 aliphatic carbocycles. The highest BCUT2D eigenvalue weighted by Crippen LogP contribution is 2.11. The first kappa shape index (κ1) is 10.4. The maximum Gasteiger partial charge on any atom is 0.211 e. The Kier molecular flexibility index (Phi) is 2.96. The molecule has 1 aromatic carbocycles. The number of nitrogens with zero attached hydrogens (tertiary/aromatic N) is 1. The highest BCUT2D eigenvalue weighted by molar-refractivity contribution is 6.07. The van der Waals surface area contributed by atoms with Gasteiger partial charge in [-0.2, -0.15) is 0 Å². The number of carbonyl (C=O) groups is 1. The van der Waals surface area contributed by atoms with Gasteiger partial charge in [0.1, 0.15) is 5.69 Å². The summed E-state index contributed by atoms with van der Waals surface area (Å²) in [6.07, 6.45) is 1.62. The minimum Gasteiger partial charge on any atom is -0.388 e. The molecule has 16 heavy (non-hydrogen) atoms. The topological polar surface area (TPSA) is 42.0 Å². The molecular formula is C13H12N2O. The van der Waals surface area contributed by atoms with Crippen molar-refractivity contribution in [2.75, 3.05) is 12.4 Å². The van der Waals surface area contributed by atoms with Crippen LogP contribution in [-0.4, -0.2) is 17.8 Å². The van der Waals surface area contributed by atoms with Crippen LogP contribution in [-0.2, 0) is 0 Å². The monoisotopic (exact) mass is 212 g/mol. The van der Waals surface area contributed by atoms with E-state index in [0.29, 0.717) is 11.3 Å². The first-order chi connectivity index (χ1) is 7.81. The maximum absolute atomic E-state index is 12.0. The van der Waals surface area contributed by atoms with E-state index in [1.54, 1.807) is 30.5 Å². The van der Waals surface area contributed by atoms with Gasteiger partial charge in [-0.25, -0.2) is 0 Å². The van der Waals surface area contributed by atoms with Crippen molar-refractivity contribution >= 4 is 11.5 Å². The second kappa shape index (κ2) is 4.57. The van der Waals surface area contributed by atoms with Gasteiger partial charge in [0.25, 0.3) is 0 Å². The van der Waals surface area contributed by atoms with Gasteiger partial charge >= 0.3 is 0 Å². The van der Waals surface area contributed by atoms with Crippen LogP contribution in [0.15, 0.2) is 48.7 Å². The molecule has 0 unspecified atom stereocenters. The summed E-state index contributed by atoms with van der Waals surface area (Å²) in [6.45, 7) is 0. The van der Waals surface area contributed by atoms with Crippen molar-refractivity contribution in [3.8, 4) is 0 Å². The van der Waals surface area contributed by atoms with Crippen LogP contribution >= 0.6 is 0 Å². The van der Waals surface area contributed by atoms with E-state index in [4.69, 9.17) is 0 Å². The van der Waals surface area contributed by atoms with Crippen LogP contribution in [0.5, 0.6) is 0 Å². The third-order valence-corrected chi connectivity index (χ3v) is 2.33. The van der Waals surface area contributed by atoms with Gasteiger partial charge in [-0.15, -0.1) is 0 Å². The van der Waals surface area contributed by atoms with Gasteiger partial charge in [0.05, 0.1) is 0 Å². The van der Waals surface area contributed by atoms with E-state index in [9.17, 15) is 4.79 Å². The molecule has 1 aromatic heterocycles. The zero-order valence-electron chi connectivity index (χ0n) is 8.97. The van der Waals surface area contributed by atoms with E-state index in [0.717, 1.165) is 5.69 Å². The minimum atomic E-state index is -0.0525. The molecule has 1 heterocycles. The van der Waals surface area contributed by atoms with Crippen LogP contribution in [0, 0.1) is 0 Å². The molecular weight excluding hydrogens is 200 g/mol. The lowest BCUT2D eigenvalue weighted by Crippen LogP contribution is -2.03. The zero-order valence-corrected chi connectivity index (χ0v) is 8.97. The number of anilines is 1. The van der Waals surface area contributed by atoms with Gasteiger partial charge < -0.3 is 5.32 Å². The van der Waals surface area contributed by atoms with Crippen molar-refractivity contribution in [3.05, 3.63) is 59.9 Å². The number of carbonyl (C=O) groups excluding carboxylic acids is 1.